The van der Waals surface area contributed by atoms with Crippen LogP contribution < -0.4 is 5.73 Å². The van der Waals surface area contributed by atoms with Crippen LogP contribution in [0.2, 0.25) is 0 Å². The summed E-state index contributed by atoms with van der Waals surface area (Å²) in [6, 6.07) is 0.456. The molecule has 1 nitrogen and oxygen atoms in total. The summed E-state index contributed by atoms with van der Waals surface area (Å²) in [6.07, 6.45) is 6.26. The summed E-state index contributed by atoms with van der Waals surface area (Å²) in [7, 11) is 0. The van der Waals surface area contributed by atoms with E-state index >= 15 is 0 Å². The molecule has 0 heterocycles. The lowest BCUT2D eigenvalue weighted by molar-refractivity contribution is 0.468. The van der Waals surface area contributed by atoms with Crippen molar-refractivity contribution in [3.8, 4) is 0 Å². The summed E-state index contributed by atoms with van der Waals surface area (Å²) in [5, 5.41) is 0. The van der Waals surface area contributed by atoms with Crippen LogP contribution >= 0.6 is 0 Å². The fourth-order valence-electron chi connectivity index (χ4n) is 1.16. The Labute approximate surface area is 71.4 Å². The number of rotatable bonds is 6. The summed E-state index contributed by atoms with van der Waals surface area (Å²) in [5.41, 5.74) is 5.91. The van der Waals surface area contributed by atoms with Crippen molar-refractivity contribution in [2.75, 3.05) is 0 Å². The highest BCUT2D eigenvalue weighted by atomic mass is 14.6. The molecule has 0 aliphatic heterocycles. The topological polar surface area (TPSA) is 26.0 Å². The molecule has 0 aromatic heterocycles. The second-order valence-electron chi connectivity index (χ2n) is 3.87. The average Bonchev–Trinajstić information content (AvgIpc) is 1.97. The molecule has 0 aliphatic carbocycles. The Morgan fingerprint density at radius 3 is 2.18 bits per heavy atom. The van der Waals surface area contributed by atoms with Gasteiger partial charge in [-0.05, 0) is 25.2 Å². The van der Waals surface area contributed by atoms with E-state index in [0.29, 0.717) is 6.04 Å². The van der Waals surface area contributed by atoms with Crippen molar-refractivity contribution in [1.82, 2.24) is 0 Å². The molecule has 11 heavy (non-hydrogen) atoms. The smallest absolute Gasteiger partial charge is 0.00389 e. The van der Waals surface area contributed by atoms with Crippen molar-refractivity contribution in [2.45, 2.75) is 58.9 Å². The third-order valence-corrected chi connectivity index (χ3v) is 2.04. The molecule has 0 bridgehead atoms. The van der Waals surface area contributed by atoms with E-state index in [1.165, 1.54) is 32.1 Å². The van der Waals surface area contributed by atoms with Gasteiger partial charge in [-0.15, -0.1) is 0 Å². The fraction of sp³-hybridized carbons (Fsp3) is 1.00. The lowest BCUT2D eigenvalue weighted by Gasteiger charge is -2.11. The molecule has 0 amide bonds. The first kappa shape index (κ1) is 11.0. The maximum absolute atomic E-state index is 5.91. The second kappa shape index (κ2) is 6.66. The van der Waals surface area contributed by atoms with Crippen LogP contribution in [0.4, 0.5) is 0 Å². The Kier molecular flexibility index (Phi) is 6.63. The first-order valence-corrected chi connectivity index (χ1v) is 4.92. The molecule has 0 spiro atoms. The summed E-state index contributed by atoms with van der Waals surface area (Å²) in [5.74, 6) is 0.808. The van der Waals surface area contributed by atoms with Gasteiger partial charge in [-0.1, -0.05) is 33.6 Å². The van der Waals surface area contributed by atoms with Gasteiger partial charge in [0.05, 0.1) is 0 Å². The highest BCUT2D eigenvalue weighted by Crippen LogP contribution is 2.09. The zero-order valence-corrected chi connectivity index (χ0v) is 8.27. The van der Waals surface area contributed by atoms with Crippen LogP contribution in [0.1, 0.15) is 52.9 Å². The Hall–Kier alpha value is -0.0400. The Morgan fingerprint density at radius 1 is 1.09 bits per heavy atom. The van der Waals surface area contributed by atoms with Crippen molar-refractivity contribution < 1.29 is 0 Å². The number of nitrogens with two attached hydrogens (primary N) is 1. The van der Waals surface area contributed by atoms with Crippen LogP contribution in [0, 0.1) is 5.92 Å². The molecule has 0 saturated heterocycles. The molecule has 1 heteroatoms. The normalized spacial score (nSPS) is 13.9. The summed E-state index contributed by atoms with van der Waals surface area (Å²) in [6.45, 7) is 6.73. The molecular formula is C10H23N. The van der Waals surface area contributed by atoms with Gasteiger partial charge in [-0.3, -0.25) is 0 Å². The maximum Gasteiger partial charge on any atom is 0.00389 e. The molecule has 0 fully saturated rings. The molecule has 0 saturated carbocycles. The van der Waals surface area contributed by atoms with E-state index in [-0.39, 0.29) is 0 Å². The van der Waals surface area contributed by atoms with Crippen LogP contribution in [0.5, 0.6) is 0 Å². The van der Waals surface area contributed by atoms with Gasteiger partial charge in [0, 0.05) is 6.04 Å². The third kappa shape index (κ3) is 7.86. The molecular weight excluding hydrogens is 134 g/mol. The minimum atomic E-state index is 0.456. The molecule has 0 rings (SSSR count). The second-order valence-corrected chi connectivity index (χ2v) is 3.87. The number of unbranched alkanes of at least 4 members (excludes halogenated alkanes) is 1. The maximum atomic E-state index is 5.91. The van der Waals surface area contributed by atoms with E-state index in [2.05, 4.69) is 20.8 Å². The zero-order valence-electron chi connectivity index (χ0n) is 8.27. The van der Waals surface area contributed by atoms with E-state index in [0.717, 1.165) is 5.92 Å². The van der Waals surface area contributed by atoms with Gasteiger partial charge in [0.25, 0.3) is 0 Å². The monoisotopic (exact) mass is 157 g/mol. The van der Waals surface area contributed by atoms with Crippen molar-refractivity contribution >= 4 is 0 Å². The lowest BCUT2D eigenvalue weighted by Crippen LogP contribution is -2.20. The van der Waals surface area contributed by atoms with Gasteiger partial charge < -0.3 is 5.73 Å². The molecule has 68 valence electrons. The van der Waals surface area contributed by atoms with Gasteiger partial charge in [0.2, 0.25) is 0 Å². The number of hydrogen-bond acceptors (Lipinski definition) is 1. The fourth-order valence-corrected chi connectivity index (χ4v) is 1.16. The van der Waals surface area contributed by atoms with Gasteiger partial charge in [-0.2, -0.15) is 0 Å². The van der Waals surface area contributed by atoms with Crippen LogP contribution in [0.15, 0.2) is 0 Å². The van der Waals surface area contributed by atoms with E-state index < -0.39 is 0 Å². The summed E-state index contributed by atoms with van der Waals surface area (Å²) in [4.78, 5) is 0. The first-order chi connectivity index (χ1) is 5.16. The molecule has 1 atom stereocenters. The standard InChI is InChI=1S/C10H23N/c1-4-5-6-10(11)8-7-9(2)3/h9-10H,4-8,11H2,1-3H3. The van der Waals surface area contributed by atoms with Crippen molar-refractivity contribution in [3.05, 3.63) is 0 Å². The molecule has 0 aromatic carbocycles. The van der Waals surface area contributed by atoms with Crippen LogP contribution in [0.25, 0.3) is 0 Å². The summed E-state index contributed by atoms with van der Waals surface area (Å²) >= 11 is 0. The van der Waals surface area contributed by atoms with Crippen LogP contribution in [-0.2, 0) is 0 Å². The average molecular weight is 157 g/mol. The third-order valence-electron chi connectivity index (χ3n) is 2.04. The van der Waals surface area contributed by atoms with Gasteiger partial charge in [0.1, 0.15) is 0 Å². The number of hydrogen-bond donors (Lipinski definition) is 1. The first-order valence-electron chi connectivity index (χ1n) is 4.92. The molecule has 0 aliphatic rings. The van der Waals surface area contributed by atoms with Gasteiger partial charge >= 0.3 is 0 Å². The van der Waals surface area contributed by atoms with Crippen molar-refractivity contribution in [2.24, 2.45) is 11.7 Å². The Morgan fingerprint density at radius 2 is 1.73 bits per heavy atom. The largest absolute Gasteiger partial charge is 0.328 e. The Bertz CT molecular complexity index is 78.9. The molecule has 2 N–H and O–H groups in total. The quantitative estimate of drug-likeness (QED) is 0.630. The Balaban J connectivity index is 3.15. The summed E-state index contributed by atoms with van der Waals surface area (Å²) < 4.78 is 0. The SMILES string of the molecule is CCCCC(N)CCC(C)C. The predicted molar refractivity (Wildman–Crippen MR) is 51.6 cm³/mol. The predicted octanol–water partition coefficient (Wildman–Crippen LogP) is 2.94. The molecule has 1 unspecified atom stereocenters. The van der Waals surface area contributed by atoms with E-state index in [4.69, 9.17) is 5.73 Å². The molecule has 0 radical (unpaired) electrons. The minimum absolute atomic E-state index is 0.456. The highest BCUT2D eigenvalue weighted by Gasteiger charge is 2.02. The van der Waals surface area contributed by atoms with Crippen LogP contribution in [0.3, 0.4) is 0 Å². The van der Waals surface area contributed by atoms with Crippen molar-refractivity contribution in [1.29, 1.82) is 0 Å². The lowest BCUT2D eigenvalue weighted by atomic mass is 10.0. The van der Waals surface area contributed by atoms with Crippen molar-refractivity contribution in [3.63, 3.8) is 0 Å². The zero-order chi connectivity index (χ0) is 8.69. The van der Waals surface area contributed by atoms with E-state index in [9.17, 15) is 0 Å². The van der Waals surface area contributed by atoms with Gasteiger partial charge in [-0.25, -0.2) is 0 Å². The van der Waals surface area contributed by atoms with Crippen LogP contribution in [-0.4, -0.2) is 6.04 Å². The van der Waals surface area contributed by atoms with Gasteiger partial charge in [0.15, 0.2) is 0 Å². The molecule has 0 aromatic rings. The van der Waals surface area contributed by atoms with E-state index in [1.807, 2.05) is 0 Å². The van der Waals surface area contributed by atoms with E-state index in [1.54, 1.807) is 0 Å². The highest BCUT2D eigenvalue weighted by molar-refractivity contribution is 4.61. The minimum Gasteiger partial charge on any atom is -0.328 e.